The highest BCUT2D eigenvalue weighted by atomic mass is 16.7. The van der Waals surface area contributed by atoms with Gasteiger partial charge in [-0.15, -0.1) is 0 Å². The van der Waals surface area contributed by atoms with Crippen molar-refractivity contribution in [1.29, 1.82) is 0 Å². The van der Waals surface area contributed by atoms with Gasteiger partial charge in [-0.1, -0.05) is 0 Å². The molecule has 2 aliphatic heterocycles. The number of methoxy groups -OCH3 is 1. The lowest BCUT2D eigenvalue weighted by molar-refractivity contribution is -0.320. The molecule has 18 nitrogen and oxygen atoms in total. The second-order valence-electron chi connectivity index (χ2n) is 10.1. The highest BCUT2D eigenvalue weighted by Gasteiger charge is 2.54. The number of carbonyl (C=O) groups excluding carboxylic acids is 7. The first-order valence-corrected chi connectivity index (χ1v) is 13.8. The van der Waals surface area contributed by atoms with Crippen LogP contribution < -0.4 is 5.32 Å². The zero-order chi connectivity index (χ0) is 34.0. The van der Waals surface area contributed by atoms with Crippen LogP contribution in [0.4, 0.5) is 0 Å². The molecule has 254 valence electrons. The van der Waals surface area contributed by atoms with Crippen molar-refractivity contribution < 1.29 is 80.9 Å². The van der Waals surface area contributed by atoms with Crippen LogP contribution in [0.3, 0.4) is 0 Å². The third-order valence-corrected chi connectivity index (χ3v) is 6.23. The minimum atomic E-state index is -1.49. The van der Waals surface area contributed by atoms with E-state index in [-0.39, 0.29) is 0 Å². The van der Waals surface area contributed by atoms with E-state index in [4.69, 9.17) is 47.4 Å². The number of hydrogen-bond donors (Lipinski definition) is 1. The quantitative estimate of drug-likeness (QED) is 0.194. The lowest BCUT2D eigenvalue weighted by Crippen LogP contribution is -2.67. The largest absolute Gasteiger partial charge is 0.463 e. The Morgan fingerprint density at radius 1 is 0.533 bits per heavy atom. The second-order valence-corrected chi connectivity index (χ2v) is 10.1. The minimum absolute atomic E-state index is 0.474. The fourth-order valence-corrected chi connectivity index (χ4v) is 4.80. The van der Waals surface area contributed by atoms with Gasteiger partial charge in [-0.05, 0) is 0 Å². The summed E-state index contributed by atoms with van der Waals surface area (Å²) in [4.78, 5) is 83.8. The number of amides is 1. The van der Waals surface area contributed by atoms with Crippen LogP contribution >= 0.6 is 0 Å². The molecule has 0 aromatic rings. The molecule has 0 aliphatic carbocycles. The predicted molar refractivity (Wildman–Crippen MR) is 142 cm³/mol. The van der Waals surface area contributed by atoms with Crippen molar-refractivity contribution in [2.75, 3.05) is 20.3 Å². The third-order valence-electron chi connectivity index (χ3n) is 6.23. The standard InChI is InChI=1S/C27H39NO17/c1-11(29)28-20-23(41-15(5)33)21(39-13(3)31)18(9-37-12(2)30)44-26(20)38-10-19-22(40-14(4)32)24(42-16(6)34)25(43-17(7)35)27(36-8)45-19/h18-27H,9-10H2,1-8H3,(H,28,29)/t18?,19?,20?,21-,22-,23-,24+,25?,26+,27+/m1/s1. The van der Waals surface area contributed by atoms with Crippen LogP contribution in [0.25, 0.3) is 0 Å². The average Bonchev–Trinajstić information content (AvgIpc) is 2.90. The third kappa shape index (κ3) is 11.2. The predicted octanol–water partition coefficient (Wildman–Crippen LogP) is -1.17. The highest BCUT2D eigenvalue weighted by molar-refractivity contribution is 5.74. The molecule has 2 rings (SSSR count). The maximum absolute atomic E-state index is 12.2. The van der Waals surface area contributed by atoms with Gasteiger partial charge in [0, 0.05) is 55.6 Å². The Balaban J connectivity index is 2.51. The summed E-state index contributed by atoms with van der Waals surface area (Å²) in [6.07, 6.45) is -12.3. The molecular formula is C27H39NO17. The molecule has 0 spiro atoms. The second kappa shape index (κ2) is 17.0. The molecule has 18 heteroatoms. The fraction of sp³-hybridized carbons (Fsp3) is 0.741. The molecule has 45 heavy (non-hydrogen) atoms. The summed E-state index contributed by atoms with van der Waals surface area (Å²) in [5.74, 6) is -5.30. The Morgan fingerprint density at radius 2 is 0.956 bits per heavy atom. The van der Waals surface area contributed by atoms with Gasteiger partial charge in [0.05, 0.1) is 6.61 Å². The van der Waals surface area contributed by atoms with E-state index < -0.39 is 116 Å². The number of esters is 6. The fourth-order valence-electron chi connectivity index (χ4n) is 4.80. The molecule has 0 aromatic carbocycles. The normalized spacial score (nSPS) is 31.0. The van der Waals surface area contributed by atoms with Crippen molar-refractivity contribution in [3.8, 4) is 0 Å². The SMILES string of the molecule is CO[C@H]1OC(CO[C@H]2OC(COC(C)=O)[C@@H](OC(C)=O)[C@H](OC(C)=O)C2NC(C)=O)[C@@H](OC(C)=O)[C@H](OC(C)=O)C1OC(C)=O. The molecule has 1 amide bonds. The Hall–Kier alpha value is -3.87. The van der Waals surface area contributed by atoms with E-state index >= 15 is 0 Å². The summed E-state index contributed by atoms with van der Waals surface area (Å²) < 4.78 is 55.1. The molecule has 0 aromatic heterocycles. The number of nitrogens with one attached hydrogen (secondary N) is 1. The highest BCUT2D eigenvalue weighted by Crippen LogP contribution is 2.32. The van der Waals surface area contributed by atoms with E-state index in [1.807, 2.05) is 0 Å². The summed E-state index contributed by atoms with van der Waals surface area (Å²) in [5.41, 5.74) is 0. The number of carbonyl (C=O) groups is 7. The van der Waals surface area contributed by atoms with Crippen LogP contribution in [0.2, 0.25) is 0 Å². The van der Waals surface area contributed by atoms with Gasteiger partial charge in [-0.2, -0.15) is 0 Å². The molecular weight excluding hydrogens is 610 g/mol. The van der Waals surface area contributed by atoms with Gasteiger partial charge >= 0.3 is 35.8 Å². The van der Waals surface area contributed by atoms with Crippen molar-refractivity contribution in [2.24, 2.45) is 0 Å². The van der Waals surface area contributed by atoms with Gasteiger partial charge in [-0.25, -0.2) is 0 Å². The number of rotatable bonds is 12. The van der Waals surface area contributed by atoms with Crippen LogP contribution in [0.1, 0.15) is 48.5 Å². The molecule has 2 aliphatic rings. The first-order chi connectivity index (χ1) is 21.0. The van der Waals surface area contributed by atoms with E-state index in [0.717, 1.165) is 48.5 Å². The Morgan fingerprint density at radius 3 is 1.42 bits per heavy atom. The number of hydrogen-bond acceptors (Lipinski definition) is 17. The summed E-state index contributed by atoms with van der Waals surface area (Å²) in [6, 6.07) is -1.31. The Labute approximate surface area is 258 Å². The Bertz CT molecular complexity index is 1110. The lowest BCUT2D eigenvalue weighted by Gasteiger charge is -2.46. The van der Waals surface area contributed by atoms with Crippen molar-refractivity contribution in [1.82, 2.24) is 5.32 Å². The lowest BCUT2D eigenvalue weighted by atomic mass is 9.95. The summed E-state index contributed by atoms with van der Waals surface area (Å²) >= 11 is 0. The van der Waals surface area contributed by atoms with Gasteiger partial charge in [0.15, 0.2) is 43.1 Å². The minimum Gasteiger partial charge on any atom is -0.463 e. The summed E-state index contributed by atoms with van der Waals surface area (Å²) in [5, 5.41) is 2.55. The first-order valence-electron chi connectivity index (χ1n) is 13.8. The van der Waals surface area contributed by atoms with E-state index in [0.29, 0.717) is 0 Å². The molecule has 2 saturated heterocycles. The van der Waals surface area contributed by atoms with Crippen LogP contribution in [-0.4, -0.2) is 123 Å². The van der Waals surface area contributed by atoms with Crippen molar-refractivity contribution in [3.05, 3.63) is 0 Å². The molecule has 0 bridgehead atoms. The van der Waals surface area contributed by atoms with E-state index in [1.54, 1.807) is 0 Å². The number of ether oxygens (including phenoxy) is 10. The van der Waals surface area contributed by atoms with E-state index in [1.165, 1.54) is 7.11 Å². The smallest absolute Gasteiger partial charge is 0.303 e. The zero-order valence-electron chi connectivity index (χ0n) is 26.1. The van der Waals surface area contributed by atoms with Gasteiger partial charge in [0.25, 0.3) is 0 Å². The van der Waals surface area contributed by atoms with Gasteiger partial charge in [-0.3, -0.25) is 33.6 Å². The molecule has 10 atom stereocenters. The van der Waals surface area contributed by atoms with Gasteiger partial charge in [0.2, 0.25) is 5.91 Å². The molecule has 2 fully saturated rings. The van der Waals surface area contributed by atoms with Crippen molar-refractivity contribution in [2.45, 2.75) is 110 Å². The first kappa shape index (κ1) is 37.3. The Kier molecular flexibility index (Phi) is 14.1. The van der Waals surface area contributed by atoms with Crippen molar-refractivity contribution >= 4 is 41.7 Å². The molecule has 0 radical (unpaired) electrons. The maximum atomic E-state index is 12.2. The summed E-state index contributed by atoms with van der Waals surface area (Å²) in [7, 11) is 1.23. The molecule has 4 unspecified atom stereocenters. The zero-order valence-corrected chi connectivity index (χ0v) is 26.1. The molecule has 0 saturated carbocycles. The molecule has 1 N–H and O–H groups in total. The van der Waals surface area contributed by atoms with Crippen LogP contribution in [0, 0.1) is 0 Å². The van der Waals surface area contributed by atoms with Crippen LogP contribution in [0.15, 0.2) is 0 Å². The van der Waals surface area contributed by atoms with Crippen LogP contribution in [0.5, 0.6) is 0 Å². The molecule has 2 heterocycles. The average molecular weight is 650 g/mol. The van der Waals surface area contributed by atoms with Gasteiger partial charge < -0.3 is 52.7 Å². The summed E-state index contributed by atoms with van der Waals surface area (Å²) in [6.45, 7) is 6.75. The maximum Gasteiger partial charge on any atom is 0.303 e. The van der Waals surface area contributed by atoms with Gasteiger partial charge in [0.1, 0.15) is 24.9 Å². The topological polar surface area (TPSA) is 224 Å². The van der Waals surface area contributed by atoms with Crippen LogP contribution in [-0.2, 0) is 80.9 Å². The monoisotopic (exact) mass is 649 g/mol. The van der Waals surface area contributed by atoms with E-state index in [9.17, 15) is 33.6 Å². The van der Waals surface area contributed by atoms with E-state index in [2.05, 4.69) is 5.32 Å². The van der Waals surface area contributed by atoms with Crippen molar-refractivity contribution in [3.63, 3.8) is 0 Å².